The zero-order valence-electron chi connectivity index (χ0n) is 13.2. The van der Waals surface area contributed by atoms with Gasteiger partial charge in [-0.25, -0.2) is 4.99 Å². The van der Waals surface area contributed by atoms with Crippen molar-refractivity contribution in [1.29, 1.82) is 0 Å². The Morgan fingerprint density at radius 3 is 2.65 bits per heavy atom. The maximum absolute atomic E-state index is 12.3. The summed E-state index contributed by atoms with van der Waals surface area (Å²) in [4.78, 5) is 28.0. The third kappa shape index (κ3) is 2.75. The molecule has 118 valence electrons. The lowest BCUT2D eigenvalue weighted by Gasteiger charge is -2.14. The summed E-state index contributed by atoms with van der Waals surface area (Å²) >= 11 is 0. The molecule has 0 spiro atoms. The highest BCUT2D eigenvalue weighted by Crippen LogP contribution is 2.37. The number of aliphatic imine (C=N–C) groups is 1. The van der Waals surface area contributed by atoms with Crippen molar-refractivity contribution in [3.63, 3.8) is 0 Å². The number of nitrogens with one attached hydrogen (secondary N) is 1. The number of ether oxygens (including phenoxy) is 1. The van der Waals surface area contributed by atoms with Gasteiger partial charge in [0.25, 0.3) is 5.90 Å². The molecular weight excluding hydrogens is 294 g/mol. The first-order chi connectivity index (χ1) is 11.0. The molecule has 6 heteroatoms. The molecule has 2 aromatic rings. The topological polar surface area (TPSA) is 72.7 Å². The Balaban J connectivity index is 2.19. The molecule has 1 amide bonds. The fourth-order valence-corrected chi connectivity index (χ4v) is 2.69. The molecule has 1 aliphatic rings. The molecular formula is C17H17N3O3. The van der Waals surface area contributed by atoms with Crippen molar-refractivity contribution in [3.05, 3.63) is 53.3 Å². The molecule has 1 aliphatic heterocycles. The van der Waals surface area contributed by atoms with Crippen molar-refractivity contribution < 1.29 is 14.3 Å². The van der Waals surface area contributed by atoms with Gasteiger partial charge in [-0.3, -0.25) is 9.59 Å². The van der Waals surface area contributed by atoms with Crippen molar-refractivity contribution in [3.8, 4) is 0 Å². The van der Waals surface area contributed by atoms with E-state index in [0.717, 1.165) is 16.8 Å². The third-order valence-electron chi connectivity index (χ3n) is 3.85. The highest BCUT2D eigenvalue weighted by atomic mass is 16.5. The van der Waals surface area contributed by atoms with Gasteiger partial charge in [0.15, 0.2) is 0 Å². The van der Waals surface area contributed by atoms with E-state index < -0.39 is 17.9 Å². The van der Waals surface area contributed by atoms with Crippen LogP contribution in [-0.2, 0) is 21.4 Å². The maximum Gasteiger partial charge on any atom is 0.311 e. The smallest absolute Gasteiger partial charge is 0.311 e. The number of nitrogens with zero attached hydrogens (tertiary/aromatic N) is 2. The molecule has 6 nitrogen and oxygen atoms in total. The number of esters is 1. The van der Waals surface area contributed by atoms with Gasteiger partial charge in [0, 0.05) is 31.4 Å². The van der Waals surface area contributed by atoms with Gasteiger partial charge in [-0.2, -0.15) is 0 Å². The fourth-order valence-electron chi connectivity index (χ4n) is 2.69. The first kappa shape index (κ1) is 15.0. The zero-order chi connectivity index (χ0) is 16.6. The van der Waals surface area contributed by atoms with Gasteiger partial charge >= 0.3 is 11.9 Å². The summed E-state index contributed by atoms with van der Waals surface area (Å²) in [6.07, 6.45) is 1.84. The number of carbonyl (C=O) groups excluding carboxylic acids is 2. The Labute approximate surface area is 133 Å². The Hall–Kier alpha value is -2.89. The summed E-state index contributed by atoms with van der Waals surface area (Å²) in [5.74, 6) is -1.32. The SMILES string of the molecule is CC(=O)OC1=NC(c2ccccc2)c2c(cn(C)c2C)NC1=O. The highest BCUT2D eigenvalue weighted by Gasteiger charge is 2.30. The van der Waals surface area contributed by atoms with Crippen molar-refractivity contribution in [2.24, 2.45) is 12.0 Å². The van der Waals surface area contributed by atoms with Crippen LogP contribution < -0.4 is 5.32 Å². The maximum atomic E-state index is 12.3. The standard InChI is InChI=1S/C17H17N3O3/c1-10-14-13(9-20(10)3)18-16(22)17(23-11(2)21)19-15(14)12-7-5-4-6-8-12/h4-9,15H,1-3H3,(H,18,22). The predicted molar refractivity (Wildman–Crippen MR) is 86.3 cm³/mol. The molecule has 1 aromatic heterocycles. The van der Waals surface area contributed by atoms with Crippen LogP contribution in [0.25, 0.3) is 0 Å². The van der Waals surface area contributed by atoms with Crippen LogP contribution >= 0.6 is 0 Å². The van der Waals surface area contributed by atoms with Crippen LogP contribution in [0.15, 0.2) is 41.5 Å². The van der Waals surface area contributed by atoms with Crippen LogP contribution in [0, 0.1) is 6.92 Å². The van der Waals surface area contributed by atoms with Gasteiger partial charge < -0.3 is 14.6 Å². The lowest BCUT2D eigenvalue weighted by atomic mass is 9.98. The molecule has 1 N–H and O–H groups in total. The average molecular weight is 311 g/mol. The molecule has 0 saturated carbocycles. The zero-order valence-corrected chi connectivity index (χ0v) is 13.2. The molecule has 23 heavy (non-hydrogen) atoms. The average Bonchev–Trinajstić information content (AvgIpc) is 2.71. The molecule has 3 rings (SSSR count). The summed E-state index contributed by atoms with van der Waals surface area (Å²) in [6, 6.07) is 9.19. The van der Waals surface area contributed by atoms with Crippen LogP contribution in [-0.4, -0.2) is 22.3 Å². The van der Waals surface area contributed by atoms with Gasteiger partial charge in [-0.05, 0) is 12.5 Å². The number of carbonyl (C=O) groups is 2. The molecule has 0 saturated heterocycles. The van der Waals surface area contributed by atoms with Gasteiger partial charge in [0.05, 0.1) is 5.69 Å². The van der Waals surface area contributed by atoms with E-state index in [1.165, 1.54) is 6.92 Å². The Kier molecular flexibility index (Phi) is 3.73. The van der Waals surface area contributed by atoms with Gasteiger partial charge in [0.1, 0.15) is 6.04 Å². The molecule has 0 fully saturated rings. The predicted octanol–water partition coefficient (Wildman–Crippen LogP) is 2.34. The summed E-state index contributed by atoms with van der Waals surface area (Å²) in [5.41, 5.74) is 3.48. The number of anilines is 1. The van der Waals surface area contributed by atoms with E-state index in [2.05, 4.69) is 10.3 Å². The second kappa shape index (κ2) is 5.72. The number of hydrogen-bond donors (Lipinski definition) is 1. The summed E-state index contributed by atoms with van der Waals surface area (Å²) in [7, 11) is 1.91. The van der Waals surface area contributed by atoms with E-state index in [9.17, 15) is 9.59 Å². The van der Waals surface area contributed by atoms with Crippen LogP contribution in [0.1, 0.15) is 29.8 Å². The minimum absolute atomic E-state index is 0.218. The van der Waals surface area contributed by atoms with E-state index >= 15 is 0 Å². The number of fused-ring (bicyclic) bond motifs is 1. The van der Waals surface area contributed by atoms with Crippen molar-refractivity contribution in [2.45, 2.75) is 19.9 Å². The van der Waals surface area contributed by atoms with Crippen molar-refractivity contribution >= 4 is 23.5 Å². The van der Waals surface area contributed by atoms with Crippen LogP contribution in [0.2, 0.25) is 0 Å². The number of amides is 1. The van der Waals surface area contributed by atoms with Crippen molar-refractivity contribution in [1.82, 2.24) is 4.57 Å². The number of aromatic nitrogens is 1. The summed E-state index contributed by atoms with van der Waals surface area (Å²) in [6.45, 7) is 3.21. The number of benzene rings is 1. The second-order valence-electron chi connectivity index (χ2n) is 5.45. The quantitative estimate of drug-likeness (QED) is 0.822. The van der Waals surface area contributed by atoms with Gasteiger partial charge in [0.2, 0.25) is 0 Å². The number of aryl methyl sites for hydroxylation is 1. The van der Waals surface area contributed by atoms with Gasteiger partial charge in [-0.15, -0.1) is 0 Å². The first-order valence-corrected chi connectivity index (χ1v) is 7.25. The van der Waals surface area contributed by atoms with E-state index in [1.807, 2.05) is 55.1 Å². The Morgan fingerprint density at radius 1 is 1.30 bits per heavy atom. The van der Waals surface area contributed by atoms with E-state index in [1.54, 1.807) is 0 Å². The Morgan fingerprint density at radius 2 is 2.00 bits per heavy atom. The summed E-state index contributed by atoms with van der Waals surface area (Å²) in [5, 5.41) is 2.77. The molecule has 0 aliphatic carbocycles. The molecule has 0 bridgehead atoms. The first-order valence-electron chi connectivity index (χ1n) is 7.25. The van der Waals surface area contributed by atoms with Crippen LogP contribution in [0.4, 0.5) is 5.69 Å². The molecule has 1 atom stereocenters. The minimum atomic E-state index is -0.574. The number of hydrogen-bond acceptors (Lipinski definition) is 4. The summed E-state index contributed by atoms with van der Waals surface area (Å²) < 4.78 is 6.94. The van der Waals surface area contributed by atoms with Gasteiger partial charge in [-0.1, -0.05) is 30.3 Å². The van der Waals surface area contributed by atoms with Crippen LogP contribution in [0.3, 0.4) is 0 Å². The largest absolute Gasteiger partial charge is 0.402 e. The molecule has 0 radical (unpaired) electrons. The van der Waals surface area contributed by atoms with Crippen molar-refractivity contribution in [2.75, 3.05) is 5.32 Å². The monoisotopic (exact) mass is 311 g/mol. The van der Waals surface area contributed by atoms with E-state index in [-0.39, 0.29) is 5.90 Å². The fraction of sp³-hybridized carbons (Fsp3) is 0.235. The lowest BCUT2D eigenvalue weighted by Crippen LogP contribution is -2.26. The van der Waals surface area contributed by atoms with Crippen LogP contribution in [0.5, 0.6) is 0 Å². The lowest BCUT2D eigenvalue weighted by molar-refractivity contribution is -0.134. The van der Waals surface area contributed by atoms with E-state index in [4.69, 9.17) is 4.74 Å². The normalized spacial score (nSPS) is 16.9. The second-order valence-corrected chi connectivity index (χ2v) is 5.45. The number of rotatable bonds is 1. The van der Waals surface area contributed by atoms with E-state index in [0.29, 0.717) is 5.69 Å². The molecule has 1 unspecified atom stereocenters. The third-order valence-corrected chi connectivity index (χ3v) is 3.85. The Bertz CT molecular complexity index is 806. The minimum Gasteiger partial charge on any atom is -0.402 e. The highest BCUT2D eigenvalue weighted by molar-refractivity contribution is 6.41. The molecule has 2 heterocycles. The molecule has 1 aromatic carbocycles.